The van der Waals surface area contributed by atoms with Crippen LogP contribution in [0.1, 0.15) is 51.4 Å². The van der Waals surface area contributed by atoms with Crippen molar-refractivity contribution in [1.29, 1.82) is 0 Å². The Morgan fingerprint density at radius 1 is 1.00 bits per heavy atom. The van der Waals surface area contributed by atoms with Gasteiger partial charge in [-0.3, -0.25) is 4.79 Å². The van der Waals surface area contributed by atoms with Gasteiger partial charge in [-0.1, -0.05) is 0 Å². The third-order valence-electron chi connectivity index (χ3n) is 9.50. The molecule has 15 nitrogen and oxygen atoms in total. The summed E-state index contributed by atoms with van der Waals surface area (Å²) in [6.07, 6.45) is -0.899. The van der Waals surface area contributed by atoms with Crippen molar-refractivity contribution < 1.29 is 49.4 Å². The number of phenols is 1. The molecule has 2 aromatic heterocycles. The summed E-state index contributed by atoms with van der Waals surface area (Å²) in [7, 11) is 1.44. The summed E-state index contributed by atoms with van der Waals surface area (Å²) in [5, 5.41) is 59.2. The van der Waals surface area contributed by atoms with E-state index in [0.717, 1.165) is 20.0 Å². The number of carboxylic acids is 2. The standard InChI is InChI=1S/C37H39ClN5O10.In/c1-52-36-24(17-39-19-25(44)15-33(47)48)14-30(38)37(43-36)53-13-12-22-6-2-3-7-27(22)29(21-40-20-26(45)16-34(49)50)23-10-11-32(41-18-23)42-35(51)28-8-4-5-9-31(28)46;/h2-5,7-8,10-11,13-14,18,25-26,29,39-40,44-46H,12,15-17,19-21H2,1H3,(H,47,48)(H,49,50)(H,41,42,51);/t25-,26-,29+;/m0./s1. The molecule has 17 heteroatoms. The van der Waals surface area contributed by atoms with Crippen molar-refractivity contribution >= 4 is 63.3 Å². The van der Waals surface area contributed by atoms with Crippen LogP contribution >= 0.6 is 11.6 Å². The van der Waals surface area contributed by atoms with Gasteiger partial charge in [0.15, 0.2) is 0 Å². The van der Waals surface area contributed by atoms with Crippen molar-refractivity contribution in [3.05, 3.63) is 93.6 Å². The molecule has 8 N–H and O–H groups in total. The first kappa shape index (κ1) is 39.2. The number of carboxylic acid groups (broad SMARTS) is 2. The van der Waals surface area contributed by atoms with Crippen molar-refractivity contribution in [2.45, 2.75) is 47.8 Å². The molecule has 0 radical (unpaired) electrons. The number of para-hydroxylation sites is 1. The van der Waals surface area contributed by atoms with E-state index in [0.29, 0.717) is 27.7 Å². The molecule has 0 unspecified atom stereocenters. The fourth-order valence-electron chi connectivity index (χ4n) is 7.08. The summed E-state index contributed by atoms with van der Waals surface area (Å²) in [4.78, 5) is 44.7. The van der Waals surface area contributed by atoms with E-state index in [2.05, 4.69) is 25.9 Å². The molecule has 3 aliphatic rings. The number of pyridine rings is 2. The van der Waals surface area contributed by atoms with E-state index in [1.165, 1.54) is 7.11 Å². The minimum Gasteiger partial charge on any atom is -0.481 e. The number of phenolic OH excluding ortho intramolecular Hbond substituents is 1. The van der Waals surface area contributed by atoms with E-state index in [4.69, 9.17) is 31.3 Å². The Morgan fingerprint density at radius 2 is 1.70 bits per heavy atom. The number of aromatic nitrogens is 2. The minimum absolute atomic E-state index is 0.0181. The maximum atomic E-state index is 13.5. The molecule has 0 spiro atoms. The predicted octanol–water partition coefficient (Wildman–Crippen LogP) is 1.04. The summed E-state index contributed by atoms with van der Waals surface area (Å²) < 4.78 is 13.5. The molecule has 0 aliphatic carbocycles. The Morgan fingerprint density at radius 3 is 2.39 bits per heavy atom. The number of amides is 1. The Kier molecular flexibility index (Phi) is 12.6. The number of nitrogens with one attached hydrogen (secondary N) is 3. The fourth-order valence-corrected chi connectivity index (χ4v) is 17.6. The SMILES string of the molecule is COc1nc(O[C@@H]2Cc3c4ccc[c]3[In]2[c]2cccc(c2O)C(=O)Nc2ccc(cn2)[C@H]4CNC[C@@H](O)CC(=O)O)c(Cl)cc1CNC[C@@H](O)CC(=O)O. The molecular formula is C37H39ClInN5O10. The first-order valence-corrected chi connectivity index (χ1v) is 22.8. The van der Waals surface area contributed by atoms with Crippen molar-refractivity contribution in [2.75, 3.05) is 32.1 Å². The normalized spacial score (nSPS) is 17.0. The molecule has 5 heterocycles. The number of methoxy groups -OCH3 is 1. The average molecular weight is 864 g/mol. The Labute approximate surface area is 322 Å². The zero-order valence-electron chi connectivity index (χ0n) is 29.2. The summed E-state index contributed by atoms with van der Waals surface area (Å²) in [6, 6.07) is 16.3. The number of hydrogen-bond donors (Lipinski definition) is 8. The second-order valence-corrected chi connectivity index (χ2v) is 22.0. The Hall–Kier alpha value is -4.45. The average Bonchev–Trinajstić information content (AvgIpc) is 3.48. The van der Waals surface area contributed by atoms with Crippen LogP contribution in [-0.2, 0) is 22.6 Å². The molecule has 1 amide bonds. The van der Waals surface area contributed by atoms with Gasteiger partial charge in [-0.05, 0) is 0 Å². The fraction of sp³-hybridized carbons (Fsp3) is 0.324. The second-order valence-electron chi connectivity index (χ2n) is 13.2. The van der Waals surface area contributed by atoms with Crippen LogP contribution in [0.2, 0.25) is 5.02 Å². The van der Waals surface area contributed by atoms with E-state index in [1.54, 1.807) is 30.5 Å². The van der Waals surface area contributed by atoms with Gasteiger partial charge in [0, 0.05) is 0 Å². The minimum atomic E-state index is -3.57. The molecule has 0 saturated heterocycles. The number of fused-ring (bicyclic) bond motifs is 3. The number of nitrogens with zero attached hydrogens (tertiary/aromatic N) is 2. The van der Waals surface area contributed by atoms with Crippen LogP contribution in [0.15, 0.2) is 60.8 Å². The molecule has 0 fully saturated rings. The predicted molar refractivity (Wildman–Crippen MR) is 199 cm³/mol. The van der Waals surface area contributed by atoms with Crippen LogP contribution in [0.5, 0.6) is 17.5 Å². The topological polar surface area (TPSA) is 233 Å². The van der Waals surface area contributed by atoms with Crippen molar-refractivity contribution in [2.24, 2.45) is 0 Å². The van der Waals surface area contributed by atoms with Gasteiger partial charge in [0.25, 0.3) is 0 Å². The number of rotatable bonds is 15. The number of aliphatic hydroxyl groups is 2. The number of carbonyl (C=O) groups excluding carboxylic acids is 1. The second kappa shape index (κ2) is 17.3. The van der Waals surface area contributed by atoms with E-state index in [-0.39, 0.29) is 53.6 Å². The number of hydrogen-bond acceptors (Lipinski definition) is 12. The van der Waals surface area contributed by atoms with Gasteiger partial charge < -0.3 is 5.11 Å². The van der Waals surface area contributed by atoms with Crippen molar-refractivity contribution in [3.63, 3.8) is 0 Å². The van der Waals surface area contributed by atoms with Crippen LogP contribution < -0.4 is 32.1 Å². The smallest absolute Gasteiger partial charge is 0.481 e. The van der Waals surface area contributed by atoms with E-state index < -0.39 is 68.2 Å². The number of carbonyl (C=O) groups is 3. The summed E-state index contributed by atoms with van der Waals surface area (Å²) >= 11 is 3.21. The van der Waals surface area contributed by atoms with E-state index >= 15 is 0 Å². The number of anilines is 1. The zero-order valence-corrected chi connectivity index (χ0v) is 33.2. The molecule has 282 valence electrons. The quantitative estimate of drug-likeness (QED) is 0.0836. The van der Waals surface area contributed by atoms with E-state index in [9.17, 15) is 29.7 Å². The van der Waals surface area contributed by atoms with Crippen molar-refractivity contribution in [3.8, 4) is 17.5 Å². The van der Waals surface area contributed by atoms with E-state index in [1.807, 2.05) is 30.3 Å². The zero-order chi connectivity index (χ0) is 38.5. The van der Waals surface area contributed by atoms with Crippen LogP contribution in [-0.4, -0.2) is 118 Å². The van der Waals surface area contributed by atoms with Gasteiger partial charge in [0.05, 0.1) is 0 Å². The molecule has 4 atom stereocenters. The molecule has 2 aromatic carbocycles. The Balaban J connectivity index is 1.38. The van der Waals surface area contributed by atoms with Crippen LogP contribution in [0.4, 0.5) is 5.82 Å². The van der Waals surface area contributed by atoms with Gasteiger partial charge in [-0.15, -0.1) is 0 Å². The first-order valence-electron chi connectivity index (χ1n) is 17.3. The molecule has 7 rings (SSSR count). The van der Waals surface area contributed by atoms with Gasteiger partial charge in [-0.25, -0.2) is 0 Å². The number of aliphatic hydroxyl groups excluding tert-OH is 2. The van der Waals surface area contributed by atoms with Gasteiger partial charge in [-0.2, -0.15) is 0 Å². The number of halogens is 1. The number of benzene rings is 2. The molecule has 0 saturated carbocycles. The summed E-state index contributed by atoms with van der Waals surface area (Å²) in [6.45, 7) is 0.576. The number of ether oxygens (including phenoxy) is 2. The monoisotopic (exact) mass is 863 g/mol. The molecular weight excluding hydrogens is 825 g/mol. The molecule has 3 aliphatic heterocycles. The van der Waals surface area contributed by atoms with Gasteiger partial charge in [0.2, 0.25) is 0 Å². The summed E-state index contributed by atoms with van der Waals surface area (Å²) in [5.74, 6) is -2.56. The molecule has 4 aromatic rings. The van der Waals surface area contributed by atoms with Crippen LogP contribution in [0.25, 0.3) is 0 Å². The number of aromatic hydroxyl groups is 1. The third-order valence-corrected chi connectivity index (χ3v) is 19.6. The molecule has 54 heavy (non-hydrogen) atoms. The summed E-state index contributed by atoms with van der Waals surface area (Å²) in [5.41, 5.74) is 3.46. The van der Waals surface area contributed by atoms with Crippen LogP contribution in [0.3, 0.4) is 0 Å². The maximum absolute atomic E-state index is 13.5. The number of aliphatic carboxylic acids is 2. The van der Waals surface area contributed by atoms with Crippen molar-refractivity contribution in [1.82, 2.24) is 20.6 Å². The first-order chi connectivity index (χ1) is 25.9. The van der Waals surface area contributed by atoms with Gasteiger partial charge in [0.1, 0.15) is 0 Å². The van der Waals surface area contributed by atoms with Gasteiger partial charge >= 0.3 is 314 Å². The third kappa shape index (κ3) is 8.91. The van der Waals surface area contributed by atoms with Crippen LogP contribution in [0, 0.1) is 0 Å². The molecule has 8 bridgehead atoms. The Bertz CT molecular complexity index is 2040.